The Labute approximate surface area is 191 Å². The van der Waals surface area contributed by atoms with Gasteiger partial charge >= 0.3 is 0 Å². The fraction of sp³-hybridized carbons (Fsp3) is 0.571. The van der Waals surface area contributed by atoms with Crippen LogP contribution in [0.15, 0.2) is 23.4 Å². The molecule has 8 nitrogen and oxygen atoms in total. The quantitative estimate of drug-likeness (QED) is 0.627. The summed E-state index contributed by atoms with van der Waals surface area (Å²) in [6.07, 6.45) is 2.24. The molecular formula is C21H28ClN5O3S. The minimum Gasteiger partial charge on any atom is -0.378 e. The molecule has 0 aliphatic carbocycles. The molecule has 3 heterocycles. The van der Waals surface area contributed by atoms with Crippen molar-refractivity contribution in [1.29, 1.82) is 0 Å². The van der Waals surface area contributed by atoms with Gasteiger partial charge in [-0.05, 0) is 44.4 Å². The monoisotopic (exact) mass is 465 g/mol. The summed E-state index contributed by atoms with van der Waals surface area (Å²) in [4.78, 5) is 15.1. The van der Waals surface area contributed by atoms with Crippen LogP contribution in [-0.4, -0.2) is 64.9 Å². The Morgan fingerprint density at radius 3 is 2.87 bits per heavy atom. The van der Waals surface area contributed by atoms with Gasteiger partial charge < -0.3 is 19.7 Å². The number of rotatable bonds is 7. The maximum absolute atomic E-state index is 12.9. The van der Waals surface area contributed by atoms with E-state index in [0.717, 1.165) is 54.9 Å². The third-order valence-corrected chi connectivity index (χ3v) is 6.83. The van der Waals surface area contributed by atoms with Crippen LogP contribution in [0.2, 0.25) is 5.02 Å². The predicted octanol–water partition coefficient (Wildman–Crippen LogP) is 3.37. The minimum atomic E-state index is -0.358. The number of hydrogen-bond donors (Lipinski definition) is 1. The molecule has 2 aliphatic heterocycles. The number of thioether (sulfide) groups is 1. The molecule has 2 unspecified atom stereocenters. The molecule has 2 fully saturated rings. The highest BCUT2D eigenvalue weighted by atomic mass is 35.5. The highest BCUT2D eigenvalue weighted by molar-refractivity contribution is 8.00. The molecule has 1 N–H and O–H groups in total. The summed E-state index contributed by atoms with van der Waals surface area (Å²) in [5.74, 6) is 0.717. The van der Waals surface area contributed by atoms with Crippen LogP contribution < -0.4 is 10.2 Å². The molecule has 2 aromatic rings. The first-order valence-corrected chi connectivity index (χ1v) is 11.9. The van der Waals surface area contributed by atoms with Crippen LogP contribution in [-0.2, 0) is 20.8 Å². The van der Waals surface area contributed by atoms with Gasteiger partial charge in [0.1, 0.15) is 0 Å². The lowest BCUT2D eigenvalue weighted by molar-refractivity contribution is -0.115. The number of amides is 1. The van der Waals surface area contributed by atoms with E-state index >= 15 is 0 Å². The number of carbonyl (C=O) groups is 1. The standard InChI is InChI=1S/C21H28ClN5O3S/c1-14-5-6-16(22)12-18(14)23-19(28)15(2)31-21-25-24-20(26-7-10-29-11-8-26)27(21)13-17-4-3-9-30-17/h5-6,12,15,17H,3-4,7-11,13H2,1-2H3,(H,23,28). The third kappa shape index (κ3) is 5.52. The Hall–Kier alpha value is -1.81. The van der Waals surface area contributed by atoms with E-state index in [4.69, 9.17) is 21.1 Å². The molecule has 0 spiro atoms. The molecule has 1 aromatic carbocycles. The number of nitrogens with one attached hydrogen (secondary N) is 1. The number of aromatic nitrogens is 3. The molecule has 31 heavy (non-hydrogen) atoms. The second kappa shape index (κ2) is 10.2. The van der Waals surface area contributed by atoms with Gasteiger partial charge in [0.25, 0.3) is 0 Å². The van der Waals surface area contributed by atoms with Crippen LogP contribution in [0.25, 0.3) is 0 Å². The number of morpholine rings is 1. The van der Waals surface area contributed by atoms with Crippen LogP contribution in [0.4, 0.5) is 11.6 Å². The summed E-state index contributed by atoms with van der Waals surface area (Å²) >= 11 is 7.49. The number of carbonyl (C=O) groups excluding carboxylic acids is 1. The van der Waals surface area contributed by atoms with E-state index in [-0.39, 0.29) is 17.3 Å². The summed E-state index contributed by atoms with van der Waals surface area (Å²) < 4.78 is 13.4. The van der Waals surface area contributed by atoms with E-state index < -0.39 is 0 Å². The summed E-state index contributed by atoms with van der Waals surface area (Å²) in [5.41, 5.74) is 1.69. The van der Waals surface area contributed by atoms with E-state index in [1.807, 2.05) is 26.0 Å². The largest absolute Gasteiger partial charge is 0.378 e. The van der Waals surface area contributed by atoms with Gasteiger partial charge in [0.05, 0.1) is 31.1 Å². The van der Waals surface area contributed by atoms with Crippen LogP contribution in [0.3, 0.4) is 0 Å². The van der Waals surface area contributed by atoms with Crippen LogP contribution >= 0.6 is 23.4 Å². The first-order valence-electron chi connectivity index (χ1n) is 10.6. The second-order valence-electron chi connectivity index (χ2n) is 7.84. The van der Waals surface area contributed by atoms with Crippen LogP contribution in [0.1, 0.15) is 25.3 Å². The molecular weight excluding hydrogens is 438 g/mol. The smallest absolute Gasteiger partial charge is 0.237 e. The van der Waals surface area contributed by atoms with Crippen molar-refractivity contribution in [3.8, 4) is 0 Å². The highest BCUT2D eigenvalue weighted by Crippen LogP contribution is 2.29. The lowest BCUT2D eigenvalue weighted by Crippen LogP contribution is -2.38. The fourth-order valence-electron chi connectivity index (χ4n) is 3.69. The Morgan fingerprint density at radius 2 is 2.13 bits per heavy atom. The Balaban J connectivity index is 1.50. The van der Waals surface area contributed by atoms with Gasteiger partial charge in [-0.25, -0.2) is 0 Å². The average molecular weight is 466 g/mol. The van der Waals surface area contributed by atoms with Crippen molar-refractivity contribution in [2.75, 3.05) is 43.1 Å². The molecule has 2 saturated heterocycles. The number of ether oxygens (including phenoxy) is 2. The highest BCUT2D eigenvalue weighted by Gasteiger charge is 2.27. The average Bonchev–Trinajstić information content (AvgIpc) is 3.42. The zero-order valence-electron chi connectivity index (χ0n) is 17.8. The summed E-state index contributed by atoms with van der Waals surface area (Å²) in [6.45, 7) is 8.19. The summed E-state index contributed by atoms with van der Waals surface area (Å²) in [7, 11) is 0. The maximum atomic E-state index is 12.9. The fourth-order valence-corrected chi connectivity index (χ4v) is 4.72. The first kappa shape index (κ1) is 22.4. The number of nitrogens with zero attached hydrogens (tertiary/aromatic N) is 4. The molecule has 0 bridgehead atoms. The molecule has 168 valence electrons. The zero-order valence-corrected chi connectivity index (χ0v) is 19.4. The molecule has 1 amide bonds. The lowest BCUT2D eigenvalue weighted by Gasteiger charge is -2.28. The molecule has 10 heteroatoms. The third-order valence-electron chi connectivity index (χ3n) is 5.51. The SMILES string of the molecule is Cc1ccc(Cl)cc1NC(=O)C(C)Sc1nnc(N2CCOCC2)n1CC1CCCO1. The van der Waals surface area contributed by atoms with Crippen molar-refractivity contribution >= 4 is 40.9 Å². The number of benzene rings is 1. The zero-order chi connectivity index (χ0) is 21.8. The number of aryl methyl sites for hydroxylation is 1. The minimum absolute atomic E-state index is 0.102. The Kier molecular flexibility index (Phi) is 7.37. The van der Waals surface area contributed by atoms with E-state index in [1.165, 1.54) is 11.8 Å². The van der Waals surface area contributed by atoms with E-state index in [2.05, 4.69) is 25.0 Å². The predicted molar refractivity (Wildman–Crippen MR) is 122 cm³/mol. The Morgan fingerprint density at radius 1 is 1.32 bits per heavy atom. The van der Waals surface area contributed by atoms with Crippen molar-refractivity contribution < 1.29 is 14.3 Å². The van der Waals surface area contributed by atoms with Crippen molar-refractivity contribution in [3.63, 3.8) is 0 Å². The van der Waals surface area contributed by atoms with E-state index in [9.17, 15) is 4.79 Å². The van der Waals surface area contributed by atoms with E-state index in [1.54, 1.807) is 6.07 Å². The van der Waals surface area contributed by atoms with Crippen LogP contribution in [0, 0.1) is 6.92 Å². The van der Waals surface area contributed by atoms with Gasteiger partial charge in [-0.2, -0.15) is 0 Å². The summed E-state index contributed by atoms with van der Waals surface area (Å²) in [5, 5.41) is 12.8. The maximum Gasteiger partial charge on any atom is 0.237 e. The van der Waals surface area contributed by atoms with E-state index in [0.29, 0.717) is 24.8 Å². The Bertz CT molecular complexity index is 912. The van der Waals surface area contributed by atoms with Gasteiger partial charge in [-0.3, -0.25) is 9.36 Å². The van der Waals surface area contributed by atoms with Crippen molar-refractivity contribution in [2.45, 2.75) is 49.7 Å². The van der Waals surface area contributed by atoms with Crippen molar-refractivity contribution in [3.05, 3.63) is 28.8 Å². The molecule has 2 aliphatic rings. The van der Waals surface area contributed by atoms with Gasteiger partial charge in [-0.1, -0.05) is 29.4 Å². The topological polar surface area (TPSA) is 81.5 Å². The molecule has 1 aromatic heterocycles. The molecule has 0 radical (unpaired) electrons. The van der Waals surface area contributed by atoms with Gasteiger partial charge in [0, 0.05) is 30.4 Å². The first-order chi connectivity index (χ1) is 15.0. The molecule has 0 saturated carbocycles. The summed E-state index contributed by atoms with van der Waals surface area (Å²) in [6, 6.07) is 5.47. The van der Waals surface area contributed by atoms with Gasteiger partial charge in [0.15, 0.2) is 5.16 Å². The lowest BCUT2D eigenvalue weighted by atomic mass is 10.2. The number of anilines is 2. The van der Waals surface area contributed by atoms with Gasteiger partial charge in [0.2, 0.25) is 11.9 Å². The number of halogens is 1. The molecule has 2 atom stereocenters. The molecule has 4 rings (SSSR count). The normalized spacial score (nSPS) is 20.1. The second-order valence-corrected chi connectivity index (χ2v) is 9.58. The van der Waals surface area contributed by atoms with Crippen molar-refractivity contribution in [1.82, 2.24) is 14.8 Å². The number of hydrogen-bond acceptors (Lipinski definition) is 7. The van der Waals surface area contributed by atoms with Crippen LogP contribution in [0.5, 0.6) is 0 Å². The van der Waals surface area contributed by atoms with Gasteiger partial charge in [-0.15, -0.1) is 10.2 Å². The van der Waals surface area contributed by atoms with Crippen molar-refractivity contribution in [2.24, 2.45) is 0 Å².